The van der Waals surface area contributed by atoms with Crippen LogP contribution in [0.25, 0.3) is 0 Å². The van der Waals surface area contributed by atoms with Crippen LogP contribution in [0, 0.1) is 0 Å². The number of carbonyl (C=O) groups excluding carboxylic acids is 2. The number of anilines is 1. The van der Waals surface area contributed by atoms with Gasteiger partial charge in [0.2, 0.25) is 21.8 Å². The molecule has 3 rings (SSSR count). The molecule has 1 unspecified atom stereocenters. The number of alkyl halides is 3. The Morgan fingerprint density at radius 3 is 2.33 bits per heavy atom. The first-order valence-corrected chi connectivity index (χ1v) is 15.0. The van der Waals surface area contributed by atoms with Gasteiger partial charge in [-0.2, -0.15) is 13.2 Å². The Morgan fingerprint density at radius 1 is 1.08 bits per heavy atom. The molecular formula is C26H30Cl2F3N3O4S. The number of hydrogen-bond donors (Lipinski definition) is 1. The molecule has 1 fully saturated rings. The molecule has 39 heavy (non-hydrogen) atoms. The number of rotatable bonds is 9. The van der Waals surface area contributed by atoms with E-state index < -0.39 is 46.2 Å². The normalized spacial score (nSPS) is 15.5. The van der Waals surface area contributed by atoms with E-state index in [0.29, 0.717) is 21.0 Å². The number of carbonyl (C=O) groups is 2. The first-order chi connectivity index (χ1) is 18.2. The second kappa shape index (κ2) is 12.8. The van der Waals surface area contributed by atoms with Crippen LogP contribution >= 0.6 is 23.2 Å². The Balaban J connectivity index is 1.93. The second-order valence-electron chi connectivity index (χ2n) is 9.59. The van der Waals surface area contributed by atoms with Crippen molar-refractivity contribution >= 4 is 50.7 Å². The van der Waals surface area contributed by atoms with Crippen LogP contribution in [0.15, 0.2) is 42.5 Å². The third-order valence-electron chi connectivity index (χ3n) is 6.62. The zero-order valence-electron chi connectivity index (χ0n) is 21.5. The van der Waals surface area contributed by atoms with Crippen molar-refractivity contribution in [2.75, 3.05) is 17.1 Å². The van der Waals surface area contributed by atoms with Crippen molar-refractivity contribution in [3.8, 4) is 0 Å². The lowest BCUT2D eigenvalue weighted by molar-refractivity contribution is -0.139. The van der Waals surface area contributed by atoms with Crippen LogP contribution in [0.4, 0.5) is 18.9 Å². The van der Waals surface area contributed by atoms with Gasteiger partial charge in [-0.1, -0.05) is 54.6 Å². The molecule has 0 heterocycles. The molecular weight excluding hydrogens is 578 g/mol. The topological polar surface area (TPSA) is 86.8 Å². The maximum Gasteiger partial charge on any atom is 0.416 e. The fourth-order valence-electron chi connectivity index (χ4n) is 4.44. The maximum atomic E-state index is 13.6. The molecule has 0 aliphatic heterocycles. The third kappa shape index (κ3) is 8.49. The van der Waals surface area contributed by atoms with E-state index in [0.717, 1.165) is 50.5 Å². The molecule has 1 aliphatic rings. The number of benzene rings is 2. The van der Waals surface area contributed by atoms with Gasteiger partial charge in [-0.15, -0.1) is 0 Å². The minimum absolute atomic E-state index is 0.0394. The summed E-state index contributed by atoms with van der Waals surface area (Å²) < 4.78 is 65.8. The highest BCUT2D eigenvalue weighted by molar-refractivity contribution is 7.92. The monoisotopic (exact) mass is 607 g/mol. The summed E-state index contributed by atoms with van der Waals surface area (Å²) in [4.78, 5) is 28.0. The van der Waals surface area contributed by atoms with Gasteiger partial charge < -0.3 is 10.2 Å². The molecule has 0 spiro atoms. The molecule has 1 N–H and O–H groups in total. The molecule has 1 aliphatic carbocycles. The number of sulfonamides is 1. The zero-order valence-corrected chi connectivity index (χ0v) is 23.8. The smallest absolute Gasteiger partial charge is 0.352 e. The van der Waals surface area contributed by atoms with Crippen LogP contribution in [-0.2, 0) is 32.3 Å². The lowest BCUT2D eigenvalue weighted by atomic mass is 9.95. The van der Waals surface area contributed by atoms with Gasteiger partial charge in [-0.3, -0.25) is 13.9 Å². The van der Waals surface area contributed by atoms with E-state index in [4.69, 9.17) is 23.2 Å². The minimum atomic E-state index is -4.72. The fourth-order valence-corrected chi connectivity index (χ4v) is 5.75. The Kier molecular flexibility index (Phi) is 10.2. The van der Waals surface area contributed by atoms with Crippen LogP contribution < -0.4 is 9.62 Å². The summed E-state index contributed by atoms with van der Waals surface area (Å²) in [5.41, 5.74) is -0.938. The summed E-state index contributed by atoms with van der Waals surface area (Å²) >= 11 is 12.3. The SMILES string of the molecule is CC(C(=O)NC1CCCCC1)N(Cc1ccc(Cl)cc1Cl)C(=O)CN(c1cccc(C(F)(F)F)c1)S(C)(=O)=O. The largest absolute Gasteiger partial charge is 0.416 e. The van der Waals surface area contributed by atoms with Crippen molar-refractivity contribution in [2.45, 2.75) is 63.8 Å². The summed E-state index contributed by atoms with van der Waals surface area (Å²) in [7, 11) is -4.19. The van der Waals surface area contributed by atoms with Crippen LogP contribution in [0.2, 0.25) is 10.0 Å². The molecule has 0 aromatic heterocycles. The number of nitrogens with one attached hydrogen (secondary N) is 1. The lowest BCUT2D eigenvalue weighted by Gasteiger charge is -2.33. The van der Waals surface area contributed by atoms with Crippen LogP contribution in [0.1, 0.15) is 50.2 Å². The minimum Gasteiger partial charge on any atom is -0.352 e. The van der Waals surface area contributed by atoms with Crippen molar-refractivity contribution in [3.05, 3.63) is 63.6 Å². The number of nitrogens with zero attached hydrogens (tertiary/aromatic N) is 2. The maximum absolute atomic E-state index is 13.6. The van der Waals surface area contributed by atoms with Crippen LogP contribution in [0.3, 0.4) is 0 Å². The standard InChI is InChI=1S/C26H30Cl2F3N3O4S/c1-17(25(36)32-21-8-4-3-5-9-21)33(15-18-11-12-20(27)14-23(18)28)24(35)16-34(39(2,37)38)22-10-6-7-19(13-22)26(29,30)31/h6-7,10-14,17,21H,3-5,8-9,15-16H2,1-2H3,(H,32,36). The summed E-state index contributed by atoms with van der Waals surface area (Å²) in [6.45, 7) is 0.523. The molecule has 0 saturated heterocycles. The highest BCUT2D eigenvalue weighted by Gasteiger charge is 2.34. The van der Waals surface area contributed by atoms with E-state index in [1.165, 1.54) is 24.0 Å². The first-order valence-electron chi connectivity index (χ1n) is 12.4. The quantitative estimate of drug-likeness (QED) is 0.399. The molecule has 0 radical (unpaired) electrons. The van der Waals surface area contributed by atoms with Gasteiger partial charge in [0, 0.05) is 22.6 Å². The van der Waals surface area contributed by atoms with E-state index in [1.807, 2.05) is 0 Å². The molecule has 2 aromatic rings. The summed E-state index contributed by atoms with van der Waals surface area (Å²) in [6, 6.07) is 7.24. The van der Waals surface area contributed by atoms with E-state index in [9.17, 15) is 31.2 Å². The molecule has 1 atom stereocenters. The van der Waals surface area contributed by atoms with Crippen molar-refractivity contribution in [2.24, 2.45) is 0 Å². The highest BCUT2D eigenvalue weighted by atomic mass is 35.5. The molecule has 1 saturated carbocycles. The van der Waals surface area contributed by atoms with Crippen LogP contribution in [-0.4, -0.2) is 50.0 Å². The second-order valence-corrected chi connectivity index (χ2v) is 12.3. The highest BCUT2D eigenvalue weighted by Crippen LogP contribution is 2.32. The zero-order chi connectivity index (χ0) is 29.0. The van der Waals surface area contributed by atoms with Crippen molar-refractivity contribution < 1.29 is 31.2 Å². The average molecular weight is 609 g/mol. The van der Waals surface area contributed by atoms with Crippen molar-refractivity contribution in [3.63, 3.8) is 0 Å². The molecule has 0 bridgehead atoms. The van der Waals surface area contributed by atoms with Crippen molar-refractivity contribution in [1.82, 2.24) is 10.2 Å². The van der Waals surface area contributed by atoms with Gasteiger partial charge in [-0.05, 0) is 55.7 Å². The predicted molar refractivity (Wildman–Crippen MR) is 145 cm³/mol. The molecule has 2 aromatic carbocycles. The number of hydrogen-bond acceptors (Lipinski definition) is 4. The Morgan fingerprint density at radius 2 is 1.74 bits per heavy atom. The molecule has 7 nitrogen and oxygen atoms in total. The summed E-state index contributed by atoms with van der Waals surface area (Å²) in [5, 5.41) is 3.55. The van der Waals surface area contributed by atoms with Gasteiger partial charge >= 0.3 is 6.18 Å². The van der Waals surface area contributed by atoms with E-state index in [2.05, 4.69) is 5.32 Å². The van der Waals surface area contributed by atoms with Crippen molar-refractivity contribution in [1.29, 1.82) is 0 Å². The first kappa shape index (κ1) is 31.0. The van der Waals surface area contributed by atoms with Crippen LogP contribution in [0.5, 0.6) is 0 Å². The summed E-state index contributed by atoms with van der Waals surface area (Å²) in [6.07, 6.45) is 0.732. The Labute approximate surface area is 236 Å². The number of amides is 2. The van der Waals surface area contributed by atoms with Gasteiger partial charge in [0.05, 0.1) is 17.5 Å². The Hall–Kier alpha value is -2.50. The van der Waals surface area contributed by atoms with Gasteiger partial charge in [0.25, 0.3) is 0 Å². The van der Waals surface area contributed by atoms with Gasteiger partial charge in [-0.25, -0.2) is 8.42 Å². The molecule has 214 valence electrons. The van der Waals surface area contributed by atoms with E-state index >= 15 is 0 Å². The number of halogens is 5. The average Bonchev–Trinajstić information content (AvgIpc) is 2.85. The predicted octanol–water partition coefficient (Wildman–Crippen LogP) is 5.64. The fraction of sp³-hybridized carbons (Fsp3) is 0.462. The Bertz CT molecular complexity index is 1300. The summed E-state index contributed by atoms with van der Waals surface area (Å²) in [5.74, 6) is -1.22. The van der Waals surface area contributed by atoms with E-state index in [-0.39, 0.29) is 23.3 Å². The van der Waals surface area contributed by atoms with Gasteiger partial charge in [0.15, 0.2) is 0 Å². The molecule has 13 heteroatoms. The van der Waals surface area contributed by atoms with Gasteiger partial charge in [0.1, 0.15) is 12.6 Å². The van der Waals surface area contributed by atoms with E-state index in [1.54, 1.807) is 12.1 Å². The third-order valence-corrected chi connectivity index (χ3v) is 8.34. The lowest BCUT2D eigenvalue weighted by Crippen LogP contribution is -2.53. The molecule has 2 amide bonds.